The first-order valence-electron chi connectivity index (χ1n) is 6.35. The highest BCUT2D eigenvalue weighted by molar-refractivity contribution is 6.43. The molecule has 0 unspecified atom stereocenters. The lowest BCUT2D eigenvalue weighted by molar-refractivity contribution is -0.140. The molecule has 0 aliphatic carbocycles. The fourth-order valence-corrected chi connectivity index (χ4v) is 2.04. The topological polar surface area (TPSA) is 55.4 Å². The van der Waals surface area contributed by atoms with Crippen LogP contribution in [-0.2, 0) is 9.53 Å². The molecule has 0 heterocycles. The summed E-state index contributed by atoms with van der Waals surface area (Å²) in [5.41, 5.74) is 0.369. The van der Waals surface area contributed by atoms with Crippen LogP contribution in [0.3, 0.4) is 0 Å². The summed E-state index contributed by atoms with van der Waals surface area (Å²) >= 11 is 11.8. The number of benzene rings is 1. The number of ether oxygens (including phenoxy) is 1. The molecule has 1 aromatic carbocycles. The highest BCUT2D eigenvalue weighted by Gasteiger charge is 2.11. The quantitative estimate of drug-likeness (QED) is 0.619. The molecule has 0 aromatic heterocycles. The molecular weight excluding hydrogens is 301 g/mol. The maximum absolute atomic E-state index is 11.9. The van der Waals surface area contributed by atoms with Crippen molar-refractivity contribution in [1.29, 1.82) is 0 Å². The van der Waals surface area contributed by atoms with Crippen LogP contribution in [0.15, 0.2) is 18.2 Å². The normalized spacial score (nSPS) is 10.2. The number of carbonyl (C=O) groups is 2. The van der Waals surface area contributed by atoms with Gasteiger partial charge in [-0.2, -0.15) is 0 Å². The number of hydrogen-bond acceptors (Lipinski definition) is 3. The first-order valence-corrected chi connectivity index (χ1v) is 7.11. The van der Waals surface area contributed by atoms with Crippen LogP contribution in [0.4, 0.5) is 0 Å². The van der Waals surface area contributed by atoms with Crippen molar-refractivity contribution >= 4 is 35.1 Å². The van der Waals surface area contributed by atoms with E-state index in [-0.39, 0.29) is 16.9 Å². The summed E-state index contributed by atoms with van der Waals surface area (Å²) in [6.07, 6.45) is 2.80. The second kappa shape index (κ2) is 8.82. The summed E-state index contributed by atoms with van der Waals surface area (Å²) in [6.45, 7) is 0.531. The monoisotopic (exact) mass is 317 g/mol. The molecule has 0 spiro atoms. The average molecular weight is 318 g/mol. The molecule has 1 rings (SSSR count). The van der Waals surface area contributed by atoms with Crippen molar-refractivity contribution in [1.82, 2.24) is 5.32 Å². The Morgan fingerprint density at radius 3 is 2.65 bits per heavy atom. The summed E-state index contributed by atoms with van der Waals surface area (Å²) in [5.74, 6) is -0.454. The predicted octanol–water partition coefficient (Wildman–Crippen LogP) is 3.46. The Bertz CT molecular complexity index is 477. The molecule has 0 atom stereocenters. The molecule has 0 saturated heterocycles. The van der Waals surface area contributed by atoms with E-state index in [4.69, 9.17) is 23.2 Å². The van der Waals surface area contributed by atoms with E-state index in [1.807, 2.05) is 0 Å². The molecule has 1 N–H and O–H groups in total. The molecule has 0 fully saturated rings. The van der Waals surface area contributed by atoms with Crippen molar-refractivity contribution < 1.29 is 14.3 Å². The lowest BCUT2D eigenvalue weighted by Crippen LogP contribution is -2.24. The van der Waals surface area contributed by atoms with Crippen LogP contribution < -0.4 is 5.32 Å². The molecule has 1 aromatic rings. The summed E-state index contributed by atoms with van der Waals surface area (Å²) < 4.78 is 4.54. The SMILES string of the molecule is COC(=O)CCCCCNC(=O)c1cccc(Cl)c1Cl. The number of carbonyl (C=O) groups excluding carboxylic acids is 2. The van der Waals surface area contributed by atoms with Crippen LogP contribution >= 0.6 is 23.2 Å². The minimum Gasteiger partial charge on any atom is -0.469 e. The number of nitrogens with one attached hydrogen (secondary N) is 1. The van der Waals surface area contributed by atoms with Gasteiger partial charge in [0.1, 0.15) is 0 Å². The Labute approximate surface area is 128 Å². The van der Waals surface area contributed by atoms with Gasteiger partial charge in [0.15, 0.2) is 0 Å². The number of amides is 1. The molecule has 110 valence electrons. The smallest absolute Gasteiger partial charge is 0.305 e. The van der Waals surface area contributed by atoms with Gasteiger partial charge in [0.05, 0.1) is 22.7 Å². The summed E-state index contributed by atoms with van der Waals surface area (Å²) in [4.78, 5) is 22.8. The average Bonchev–Trinajstić information content (AvgIpc) is 2.44. The molecule has 0 radical (unpaired) electrons. The van der Waals surface area contributed by atoms with Crippen molar-refractivity contribution in [3.8, 4) is 0 Å². The molecule has 0 saturated carbocycles. The molecule has 1 amide bonds. The van der Waals surface area contributed by atoms with E-state index >= 15 is 0 Å². The van der Waals surface area contributed by atoms with Gasteiger partial charge in [-0.05, 0) is 25.0 Å². The van der Waals surface area contributed by atoms with E-state index in [1.165, 1.54) is 7.11 Å². The van der Waals surface area contributed by atoms with Gasteiger partial charge in [-0.3, -0.25) is 9.59 Å². The summed E-state index contributed by atoms with van der Waals surface area (Å²) in [5, 5.41) is 3.39. The van der Waals surface area contributed by atoms with Crippen LogP contribution in [0.5, 0.6) is 0 Å². The third-order valence-corrected chi connectivity index (χ3v) is 3.59. The lowest BCUT2D eigenvalue weighted by atomic mass is 10.2. The molecule has 4 nitrogen and oxygen atoms in total. The third kappa shape index (κ3) is 5.39. The fraction of sp³-hybridized carbons (Fsp3) is 0.429. The first kappa shape index (κ1) is 16.8. The zero-order valence-electron chi connectivity index (χ0n) is 11.2. The minimum absolute atomic E-state index is 0.209. The van der Waals surface area contributed by atoms with Crippen LogP contribution in [-0.4, -0.2) is 25.5 Å². The Hall–Kier alpha value is -1.26. The second-order valence-electron chi connectivity index (χ2n) is 4.24. The van der Waals surface area contributed by atoms with Crippen molar-refractivity contribution in [3.05, 3.63) is 33.8 Å². The summed E-state index contributed by atoms with van der Waals surface area (Å²) in [6, 6.07) is 4.94. The van der Waals surface area contributed by atoms with Crippen molar-refractivity contribution in [2.45, 2.75) is 25.7 Å². The van der Waals surface area contributed by atoms with Gasteiger partial charge in [0.2, 0.25) is 0 Å². The van der Waals surface area contributed by atoms with E-state index in [1.54, 1.807) is 18.2 Å². The number of halogens is 2. The zero-order chi connectivity index (χ0) is 15.0. The van der Waals surface area contributed by atoms with Crippen LogP contribution in [0.25, 0.3) is 0 Å². The number of methoxy groups -OCH3 is 1. The largest absolute Gasteiger partial charge is 0.469 e. The van der Waals surface area contributed by atoms with E-state index in [0.29, 0.717) is 23.6 Å². The summed E-state index contributed by atoms with van der Waals surface area (Å²) in [7, 11) is 1.37. The van der Waals surface area contributed by atoms with E-state index < -0.39 is 0 Å². The van der Waals surface area contributed by atoms with Gasteiger partial charge >= 0.3 is 5.97 Å². The Morgan fingerprint density at radius 2 is 1.95 bits per heavy atom. The molecule has 0 aliphatic heterocycles. The minimum atomic E-state index is -0.245. The maximum Gasteiger partial charge on any atom is 0.305 e. The van der Waals surface area contributed by atoms with E-state index in [0.717, 1.165) is 19.3 Å². The predicted molar refractivity (Wildman–Crippen MR) is 79.3 cm³/mol. The standard InChI is InChI=1S/C14H17Cl2NO3/c1-20-12(18)8-3-2-4-9-17-14(19)10-6-5-7-11(15)13(10)16/h5-7H,2-4,8-9H2,1H3,(H,17,19). The van der Waals surface area contributed by atoms with Crippen LogP contribution in [0.2, 0.25) is 10.0 Å². The zero-order valence-corrected chi connectivity index (χ0v) is 12.8. The Morgan fingerprint density at radius 1 is 1.20 bits per heavy atom. The molecule has 0 aliphatic rings. The van der Waals surface area contributed by atoms with Crippen LogP contribution in [0.1, 0.15) is 36.0 Å². The van der Waals surface area contributed by atoms with Gasteiger partial charge in [0, 0.05) is 13.0 Å². The van der Waals surface area contributed by atoms with Gasteiger partial charge in [-0.15, -0.1) is 0 Å². The van der Waals surface area contributed by atoms with Gasteiger partial charge in [-0.1, -0.05) is 35.7 Å². The fourth-order valence-electron chi connectivity index (χ4n) is 1.65. The molecule has 0 bridgehead atoms. The third-order valence-electron chi connectivity index (χ3n) is 2.77. The van der Waals surface area contributed by atoms with E-state index in [2.05, 4.69) is 10.1 Å². The van der Waals surface area contributed by atoms with Crippen molar-refractivity contribution in [3.63, 3.8) is 0 Å². The molecular formula is C14H17Cl2NO3. The lowest BCUT2D eigenvalue weighted by Gasteiger charge is -2.07. The Kier molecular flexibility index (Phi) is 7.41. The van der Waals surface area contributed by atoms with Crippen LogP contribution in [0, 0.1) is 0 Å². The van der Waals surface area contributed by atoms with E-state index in [9.17, 15) is 9.59 Å². The number of rotatable bonds is 7. The van der Waals surface area contributed by atoms with Crippen molar-refractivity contribution in [2.24, 2.45) is 0 Å². The molecule has 6 heteroatoms. The maximum atomic E-state index is 11.9. The van der Waals surface area contributed by atoms with Crippen molar-refractivity contribution in [2.75, 3.05) is 13.7 Å². The second-order valence-corrected chi connectivity index (χ2v) is 5.03. The number of esters is 1. The highest BCUT2D eigenvalue weighted by atomic mass is 35.5. The number of unbranched alkanes of at least 4 members (excludes halogenated alkanes) is 2. The van der Waals surface area contributed by atoms with Gasteiger partial charge in [0.25, 0.3) is 5.91 Å². The van der Waals surface area contributed by atoms with Gasteiger partial charge in [-0.25, -0.2) is 0 Å². The highest BCUT2D eigenvalue weighted by Crippen LogP contribution is 2.25. The number of hydrogen-bond donors (Lipinski definition) is 1. The molecule has 20 heavy (non-hydrogen) atoms. The Balaban J connectivity index is 2.27. The van der Waals surface area contributed by atoms with Gasteiger partial charge < -0.3 is 10.1 Å². The first-order chi connectivity index (χ1) is 9.56.